The van der Waals surface area contributed by atoms with Gasteiger partial charge in [0.15, 0.2) is 5.82 Å². The molecule has 0 radical (unpaired) electrons. The SMILES string of the molecule is CNC(=O)Cc1c(C)nc(-n2c(C)cnc(NCCc3ccccc3)c2=O)c(C)c1N. The van der Waals surface area contributed by atoms with Crippen LogP contribution >= 0.6 is 0 Å². The molecule has 0 saturated heterocycles. The number of nitrogens with one attached hydrogen (secondary N) is 2. The number of aromatic nitrogens is 3. The largest absolute Gasteiger partial charge is 0.398 e. The monoisotopic (exact) mass is 420 g/mol. The number of amides is 1. The van der Waals surface area contributed by atoms with Gasteiger partial charge < -0.3 is 16.4 Å². The van der Waals surface area contributed by atoms with Crippen LogP contribution in [0.5, 0.6) is 0 Å². The topological polar surface area (TPSA) is 115 Å². The minimum Gasteiger partial charge on any atom is -0.398 e. The molecule has 3 rings (SSSR count). The number of hydrogen-bond donors (Lipinski definition) is 3. The van der Waals surface area contributed by atoms with Gasteiger partial charge in [-0.05, 0) is 32.8 Å². The van der Waals surface area contributed by atoms with Crippen LogP contribution in [0.2, 0.25) is 0 Å². The molecule has 8 heteroatoms. The summed E-state index contributed by atoms with van der Waals surface area (Å²) in [6.07, 6.45) is 2.55. The van der Waals surface area contributed by atoms with Crippen molar-refractivity contribution in [2.24, 2.45) is 0 Å². The Labute approximate surface area is 181 Å². The smallest absolute Gasteiger partial charge is 0.299 e. The zero-order valence-corrected chi connectivity index (χ0v) is 18.3. The fourth-order valence-corrected chi connectivity index (χ4v) is 3.43. The van der Waals surface area contributed by atoms with E-state index >= 15 is 0 Å². The maximum absolute atomic E-state index is 13.2. The standard InChI is InChI=1S/C23H28N6O2/c1-14-13-27-21(26-11-10-17-8-6-5-7-9-17)23(31)29(14)22-15(2)20(24)18(16(3)28-22)12-19(30)25-4/h5-9,13H,10-12H2,1-4H3,(H2,24,28)(H,25,30)(H,26,27). The number of aryl methyl sites for hydroxylation is 2. The predicted octanol–water partition coefficient (Wildman–Crippen LogP) is 2.08. The van der Waals surface area contributed by atoms with Crippen LogP contribution in [0.25, 0.3) is 5.82 Å². The van der Waals surface area contributed by atoms with Gasteiger partial charge in [-0.3, -0.25) is 14.2 Å². The molecule has 162 valence electrons. The van der Waals surface area contributed by atoms with Gasteiger partial charge in [0.05, 0.1) is 6.42 Å². The van der Waals surface area contributed by atoms with E-state index in [0.717, 1.165) is 6.42 Å². The van der Waals surface area contributed by atoms with Crippen molar-refractivity contribution in [1.29, 1.82) is 0 Å². The minimum absolute atomic E-state index is 0.138. The number of hydrogen-bond acceptors (Lipinski definition) is 6. The highest BCUT2D eigenvalue weighted by atomic mass is 16.1. The lowest BCUT2D eigenvalue weighted by Gasteiger charge is -2.18. The van der Waals surface area contributed by atoms with Crippen molar-refractivity contribution in [2.75, 3.05) is 24.6 Å². The molecule has 0 fully saturated rings. The lowest BCUT2D eigenvalue weighted by atomic mass is 10.0. The highest BCUT2D eigenvalue weighted by Crippen LogP contribution is 2.25. The maximum atomic E-state index is 13.2. The van der Waals surface area contributed by atoms with E-state index in [0.29, 0.717) is 40.6 Å². The molecular formula is C23H28N6O2. The zero-order valence-electron chi connectivity index (χ0n) is 18.3. The first-order chi connectivity index (χ1) is 14.8. The number of rotatable bonds is 7. The number of benzene rings is 1. The normalized spacial score (nSPS) is 10.7. The molecule has 2 aromatic heterocycles. The molecule has 0 atom stereocenters. The summed E-state index contributed by atoms with van der Waals surface area (Å²) >= 11 is 0. The van der Waals surface area contributed by atoms with Crippen LogP contribution in [0.4, 0.5) is 11.5 Å². The van der Waals surface area contributed by atoms with Gasteiger partial charge in [-0.1, -0.05) is 30.3 Å². The molecule has 2 heterocycles. The van der Waals surface area contributed by atoms with Crippen LogP contribution in [0, 0.1) is 20.8 Å². The van der Waals surface area contributed by atoms with Gasteiger partial charge in [0.1, 0.15) is 5.82 Å². The Morgan fingerprint density at radius 2 is 1.87 bits per heavy atom. The van der Waals surface area contributed by atoms with E-state index in [1.807, 2.05) is 30.3 Å². The average molecular weight is 421 g/mol. The summed E-state index contributed by atoms with van der Waals surface area (Å²) in [4.78, 5) is 34.0. The quantitative estimate of drug-likeness (QED) is 0.539. The Kier molecular flexibility index (Phi) is 6.69. The van der Waals surface area contributed by atoms with Gasteiger partial charge in [0, 0.05) is 48.0 Å². The summed E-state index contributed by atoms with van der Waals surface area (Å²) in [5, 5.41) is 5.73. The first-order valence-electron chi connectivity index (χ1n) is 10.2. The van der Waals surface area contributed by atoms with Gasteiger partial charge in [0.25, 0.3) is 5.56 Å². The Balaban J connectivity index is 1.94. The molecule has 1 aromatic carbocycles. The number of pyridine rings is 1. The van der Waals surface area contributed by atoms with Crippen molar-refractivity contribution in [3.63, 3.8) is 0 Å². The summed E-state index contributed by atoms with van der Waals surface area (Å²) in [6, 6.07) is 10.0. The van der Waals surface area contributed by atoms with Crippen molar-refractivity contribution >= 4 is 17.4 Å². The van der Waals surface area contributed by atoms with E-state index < -0.39 is 0 Å². The Hall–Kier alpha value is -3.68. The predicted molar refractivity (Wildman–Crippen MR) is 123 cm³/mol. The van der Waals surface area contributed by atoms with Crippen LogP contribution < -0.4 is 21.9 Å². The fraction of sp³-hybridized carbons (Fsp3) is 0.304. The highest BCUT2D eigenvalue weighted by molar-refractivity contribution is 5.81. The molecule has 0 spiro atoms. The molecule has 0 aliphatic carbocycles. The number of nitrogens with two attached hydrogens (primary N) is 1. The van der Waals surface area contributed by atoms with Crippen molar-refractivity contribution < 1.29 is 4.79 Å². The molecule has 8 nitrogen and oxygen atoms in total. The van der Waals surface area contributed by atoms with Crippen molar-refractivity contribution in [3.05, 3.63) is 75.0 Å². The van der Waals surface area contributed by atoms with Crippen LogP contribution in [0.3, 0.4) is 0 Å². The Bertz CT molecular complexity index is 1150. The summed E-state index contributed by atoms with van der Waals surface area (Å²) in [6.45, 7) is 5.97. The molecular weight excluding hydrogens is 392 g/mol. The van der Waals surface area contributed by atoms with Gasteiger partial charge in [-0.15, -0.1) is 0 Å². The van der Waals surface area contributed by atoms with Gasteiger partial charge in [0.2, 0.25) is 5.91 Å². The summed E-state index contributed by atoms with van der Waals surface area (Å²) in [7, 11) is 1.58. The molecule has 0 unspecified atom stereocenters. The van der Waals surface area contributed by atoms with E-state index in [-0.39, 0.29) is 23.7 Å². The number of carbonyl (C=O) groups is 1. The summed E-state index contributed by atoms with van der Waals surface area (Å²) in [5.41, 5.74) is 10.3. The second-order valence-electron chi connectivity index (χ2n) is 7.44. The van der Waals surface area contributed by atoms with E-state index in [1.54, 1.807) is 34.0 Å². The molecule has 3 aromatic rings. The zero-order chi connectivity index (χ0) is 22.5. The fourth-order valence-electron chi connectivity index (χ4n) is 3.43. The molecule has 0 bridgehead atoms. The van der Waals surface area contributed by atoms with E-state index in [9.17, 15) is 9.59 Å². The number of likely N-dealkylation sites (N-methyl/N-ethyl adjacent to an activating group) is 1. The first-order valence-corrected chi connectivity index (χ1v) is 10.2. The third-order valence-electron chi connectivity index (χ3n) is 5.29. The lowest BCUT2D eigenvalue weighted by Crippen LogP contribution is -2.28. The maximum Gasteiger partial charge on any atom is 0.299 e. The number of carbonyl (C=O) groups excluding carboxylic acids is 1. The third-order valence-corrected chi connectivity index (χ3v) is 5.29. The molecule has 1 amide bonds. The molecule has 4 N–H and O–H groups in total. The van der Waals surface area contributed by atoms with E-state index in [1.165, 1.54) is 10.1 Å². The van der Waals surface area contributed by atoms with Crippen molar-refractivity contribution in [3.8, 4) is 5.82 Å². The molecule has 0 aliphatic rings. The van der Waals surface area contributed by atoms with Crippen LogP contribution in [0.15, 0.2) is 41.3 Å². The summed E-state index contributed by atoms with van der Waals surface area (Å²) in [5.74, 6) is 0.561. The summed E-state index contributed by atoms with van der Waals surface area (Å²) < 4.78 is 1.51. The second kappa shape index (κ2) is 9.42. The molecule has 0 aliphatic heterocycles. The van der Waals surface area contributed by atoms with Gasteiger partial charge in [-0.25, -0.2) is 9.97 Å². The molecule has 31 heavy (non-hydrogen) atoms. The van der Waals surface area contributed by atoms with Gasteiger partial charge in [-0.2, -0.15) is 0 Å². The third kappa shape index (κ3) is 4.74. The lowest BCUT2D eigenvalue weighted by molar-refractivity contribution is -0.119. The van der Waals surface area contributed by atoms with Gasteiger partial charge >= 0.3 is 0 Å². The molecule has 0 saturated carbocycles. The first kappa shape index (κ1) is 22.0. The van der Waals surface area contributed by atoms with Crippen molar-refractivity contribution in [2.45, 2.75) is 33.6 Å². The highest BCUT2D eigenvalue weighted by Gasteiger charge is 2.19. The second-order valence-corrected chi connectivity index (χ2v) is 7.44. The Morgan fingerprint density at radius 3 is 2.55 bits per heavy atom. The average Bonchev–Trinajstić information content (AvgIpc) is 2.76. The van der Waals surface area contributed by atoms with E-state index in [2.05, 4.69) is 20.6 Å². The number of nitrogen functional groups attached to an aromatic ring is 1. The number of anilines is 2. The minimum atomic E-state index is -0.290. The van der Waals surface area contributed by atoms with Crippen LogP contribution in [-0.4, -0.2) is 34.0 Å². The van der Waals surface area contributed by atoms with Crippen molar-refractivity contribution in [1.82, 2.24) is 19.9 Å². The number of nitrogens with zero attached hydrogens (tertiary/aromatic N) is 3. The van der Waals surface area contributed by atoms with E-state index in [4.69, 9.17) is 5.73 Å². The van der Waals surface area contributed by atoms with Crippen LogP contribution in [0.1, 0.15) is 28.1 Å². The Morgan fingerprint density at radius 1 is 1.16 bits per heavy atom. The van der Waals surface area contributed by atoms with Crippen LogP contribution in [-0.2, 0) is 17.6 Å².